The minimum Gasteiger partial charge on any atom is -0.383 e. The minimum absolute atomic E-state index is 0.388. The fourth-order valence-corrected chi connectivity index (χ4v) is 4.08. The molecule has 3 aromatic carbocycles. The summed E-state index contributed by atoms with van der Waals surface area (Å²) < 4.78 is 0. The summed E-state index contributed by atoms with van der Waals surface area (Å²) in [6.45, 7) is 6.03. The number of nitrogens with two attached hydrogens (primary N) is 1. The van der Waals surface area contributed by atoms with Crippen molar-refractivity contribution in [3.05, 3.63) is 82.4 Å². The number of anilines is 3. The molecule has 0 saturated carbocycles. The number of para-hydroxylation sites is 1. The summed E-state index contributed by atoms with van der Waals surface area (Å²) in [6.07, 6.45) is 3.28. The fourth-order valence-electron chi connectivity index (χ4n) is 4.08. The lowest BCUT2D eigenvalue weighted by molar-refractivity contribution is 1.21. The molecule has 1 heterocycles. The molecule has 0 amide bonds. The van der Waals surface area contributed by atoms with Gasteiger partial charge in [0.05, 0.1) is 23.2 Å². The van der Waals surface area contributed by atoms with Gasteiger partial charge in [0.2, 0.25) is 5.95 Å². The first-order valence-corrected chi connectivity index (χ1v) is 10.4. The molecule has 0 bridgehead atoms. The third-order valence-electron chi connectivity index (χ3n) is 5.53. The number of rotatable bonds is 4. The van der Waals surface area contributed by atoms with Gasteiger partial charge in [-0.05, 0) is 78.9 Å². The Bertz CT molecular complexity index is 1480. The van der Waals surface area contributed by atoms with Gasteiger partial charge < -0.3 is 11.1 Å². The minimum atomic E-state index is 0.388. The maximum absolute atomic E-state index is 9.11. The largest absolute Gasteiger partial charge is 0.383 e. The van der Waals surface area contributed by atoms with Gasteiger partial charge in [0.1, 0.15) is 5.82 Å². The standard InChI is InChI=1S/C27H22N6/c1-16-12-20(15-29)9-10-23(16)31-27-32-25-21(7-4-8-22(25)26(30)33-27)24-17(2)13-19(6-5-11-28)14-18(24)3/h4-10,12-14H,1-3H3,(H3,30,31,32,33)/b6-5+. The molecule has 0 aliphatic heterocycles. The van der Waals surface area contributed by atoms with Crippen LogP contribution in [0.3, 0.4) is 0 Å². The second-order valence-electron chi connectivity index (χ2n) is 7.89. The van der Waals surface area contributed by atoms with Gasteiger partial charge in [-0.2, -0.15) is 15.5 Å². The number of fused-ring (bicyclic) bond motifs is 1. The van der Waals surface area contributed by atoms with Crippen molar-refractivity contribution >= 4 is 34.4 Å². The second kappa shape index (κ2) is 8.82. The van der Waals surface area contributed by atoms with Crippen molar-refractivity contribution in [3.63, 3.8) is 0 Å². The molecule has 0 saturated heterocycles. The van der Waals surface area contributed by atoms with Crippen LogP contribution in [0.4, 0.5) is 17.5 Å². The van der Waals surface area contributed by atoms with Crippen molar-refractivity contribution in [2.45, 2.75) is 20.8 Å². The zero-order chi connectivity index (χ0) is 23.5. The third-order valence-corrected chi connectivity index (χ3v) is 5.53. The van der Waals surface area contributed by atoms with E-state index in [0.29, 0.717) is 17.3 Å². The lowest BCUT2D eigenvalue weighted by Crippen LogP contribution is -2.04. The average molecular weight is 431 g/mol. The Morgan fingerprint density at radius 2 is 1.70 bits per heavy atom. The Morgan fingerprint density at radius 3 is 2.36 bits per heavy atom. The summed E-state index contributed by atoms with van der Waals surface area (Å²) in [5.74, 6) is 0.781. The molecule has 4 rings (SSSR count). The molecule has 160 valence electrons. The van der Waals surface area contributed by atoms with Crippen molar-refractivity contribution in [1.82, 2.24) is 9.97 Å². The Labute approximate surface area is 192 Å². The molecule has 33 heavy (non-hydrogen) atoms. The highest BCUT2D eigenvalue weighted by molar-refractivity contribution is 6.00. The van der Waals surface area contributed by atoms with Crippen LogP contribution in [0, 0.1) is 43.4 Å². The first kappa shape index (κ1) is 21.5. The highest BCUT2D eigenvalue weighted by Gasteiger charge is 2.15. The number of nitrogens with one attached hydrogen (secondary N) is 1. The number of aromatic nitrogens is 2. The van der Waals surface area contributed by atoms with Crippen LogP contribution in [0.1, 0.15) is 27.8 Å². The van der Waals surface area contributed by atoms with Crippen LogP contribution in [-0.2, 0) is 0 Å². The molecule has 3 N–H and O–H groups in total. The number of aryl methyl sites for hydroxylation is 3. The lowest BCUT2D eigenvalue weighted by Gasteiger charge is -2.15. The summed E-state index contributed by atoms with van der Waals surface area (Å²) in [4.78, 5) is 9.28. The van der Waals surface area contributed by atoms with E-state index in [4.69, 9.17) is 21.2 Å². The fraction of sp³-hybridized carbons (Fsp3) is 0.111. The summed E-state index contributed by atoms with van der Waals surface area (Å²) in [5, 5.41) is 22.0. The van der Waals surface area contributed by atoms with E-state index in [1.807, 2.05) is 43.3 Å². The molecule has 0 fully saturated rings. The molecule has 6 heteroatoms. The predicted molar refractivity (Wildman–Crippen MR) is 133 cm³/mol. The summed E-state index contributed by atoms with van der Waals surface area (Å²) in [5.41, 5.74) is 14.6. The number of nitrogens with zero attached hydrogens (tertiary/aromatic N) is 4. The zero-order valence-electron chi connectivity index (χ0n) is 18.6. The van der Waals surface area contributed by atoms with Crippen LogP contribution in [0.5, 0.6) is 0 Å². The molecule has 0 radical (unpaired) electrons. The highest BCUT2D eigenvalue weighted by atomic mass is 15.1. The van der Waals surface area contributed by atoms with Gasteiger partial charge in [0.15, 0.2) is 0 Å². The van der Waals surface area contributed by atoms with Crippen LogP contribution >= 0.6 is 0 Å². The highest BCUT2D eigenvalue weighted by Crippen LogP contribution is 2.35. The molecule has 6 nitrogen and oxygen atoms in total. The number of hydrogen-bond acceptors (Lipinski definition) is 6. The Morgan fingerprint density at radius 1 is 0.939 bits per heavy atom. The predicted octanol–water partition coefficient (Wildman–Crippen LogP) is 5.96. The zero-order valence-corrected chi connectivity index (χ0v) is 18.6. The Kier molecular flexibility index (Phi) is 5.76. The topological polar surface area (TPSA) is 111 Å². The van der Waals surface area contributed by atoms with Crippen molar-refractivity contribution in [1.29, 1.82) is 10.5 Å². The maximum Gasteiger partial charge on any atom is 0.229 e. The number of nitrogen functional groups attached to an aromatic ring is 1. The molecule has 4 aromatic rings. The molecule has 0 unspecified atom stereocenters. The van der Waals surface area contributed by atoms with Gasteiger partial charge in [-0.15, -0.1) is 0 Å². The summed E-state index contributed by atoms with van der Waals surface area (Å²) in [7, 11) is 0. The Balaban J connectivity index is 1.85. The number of hydrogen-bond donors (Lipinski definition) is 2. The average Bonchev–Trinajstić information content (AvgIpc) is 2.79. The van der Waals surface area contributed by atoms with E-state index in [1.165, 1.54) is 6.08 Å². The maximum atomic E-state index is 9.11. The molecule has 0 aliphatic rings. The third kappa shape index (κ3) is 4.23. The van der Waals surface area contributed by atoms with Crippen molar-refractivity contribution in [2.24, 2.45) is 0 Å². The van der Waals surface area contributed by atoms with Crippen LogP contribution in [0.2, 0.25) is 0 Å². The first-order chi connectivity index (χ1) is 15.9. The smallest absolute Gasteiger partial charge is 0.229 e. The van der Waals surface area contributed by atoms with Crippen molar-refractivity contribution < 1.29 is 0 Å². The van der Waals surface area contributed by atoms with E-state index in [2.05, 4.69) is 42.4 Å². The van der Waals surface area contributed by atoms with Crippen LogP contribution < -0.4 is 11.1 Å². The van der Waals surface area contributed by atoms with E-state index >= 15 is 0 Å². The van der Waals surface area contributed by atoms with Crippen LogP contribution in [0.25, 0.3) is 28.1 Å². The van der Waals surface area contributed by atoms with E-state index in [1.54, 1.807) is 12.1 Å². The SMILES string of the molecule is Cc1cc(C#N)ccc1Nc1nc(N)c2cccc(-c3c(C)cc(/C=C/C#N)cc3C)c2n1. The van der Waals surface area contributed by atoms with E-state index in [9.17, 15) is 0 Å². The van der Waals surface area contributed by atoms with Crippen molar-refractivity contribution in [3.8, 4) is 23.3 Å². The normalized spacial score (nSPS) is 10.8. The van der Waals surface area contributed by atoms with E-state index < -0.39 is 0 Å². The van der Waals surface area contributed by atoms with Crippen molar-refractivity contribution in [2.75, 3.05) is 11.1 Å². The summed E-state index contributed by atoms with van der Waals surface area (Å²) in [6, 6.07) is 19.6. The number of allylic oxidation sites excluding steroid dienone is 1. The molecular weight excluding hydrogens is 408 g/mol. The number of nitriles is 2. The first-order valence-electron chi connectivity index (χ1n) is 10.4. The monoisotopic (exact) mass is 430 g/mol. The van der Waals surface area contributed by atoms with Gasteiger partial charge in [-0.3, -0.25) is 0 Å². The van der Waals surface area contributed by atoms with E-state index in [0.717, 1.165) is 50.0 Å². The molecular formula is C27H22N6. The molecule has 0 spiro atoms. The molecule has 0 atom stereocenters. The van der Waals surface area contributed by atoms with Gasteiger partial charge in [0.25, 0.3) is 0 Å². The van der Waals surface area contributed by atoms with E-state index in [-0.39, 0.29) is 0 Å². The summed E-state index contributed by atoms with van der Waals surface area (Å²) >= 11 is 0. The van der Waals surface area contributed by atoms with Crippen LogP contribution in [-0.4, -0.2) is 9.97 Å². The molecule has 0 aliphatic carbocycles. The van der Waals surface area contributed by atoms with Gasteiger partial charge >= 0.3 is 0 Å². The van der Waals surface area contributed by atoms with Gasteiger partial charge in [0, 0.05) is 22.7 Å². The Hall–Kier alpha value is -4.68. The van der Waals surface area contributed by atoms with Gasteiger partial charge in [-0.1, -0.05) is 24.3 Å². The van der Waals surface area contributed by atoms with Gasteiger partial charge in [-0.25, -0.2) is 4.98 Å². The molecule has 1 aromatic heterocycles. The lowest BCUT2D eigenvalue weighted by atomic mass is 9.92. The second-order valence-corrected chi connectivity index (χ2v) is 7.89. The van der Waals surface area contributed by atoms with Crippen LogP contribution in [0.15, 0.2) is 54.6 Å². The number of benzene rings is 3. The quantitative estimate of drug-likeness (QED) is 0.387.